The molecule has 126 valence electrons. The van der Waals surface area contributed by atoms with Gasteiger partial charge < -0.3 is 10.6 Å². The van der Waals surface area contributed by atoms with Crippen molar-refractivity contribution >= 4 is 33.3 Å². The van der Waals surface area contributed by atoms with Gasteiger partial charge >= 0.3 is 0 Å². The quantitative estimate of drug-likeness (QED) is 0.731. The van der Waals surface area contributed by atoms with Gasteiger partial charge in [0.2, 0.25) is 11.8 Å². The van der Waals surface area contributed by atoms with E-state index in [9.17, 15) is 9.59 Å². The molecule has 0 unspecified atom stereocenters. The standard InChI is InChI=1S/C19H17N3O2S/c1-13(23)20-19-22-17(15-10-6-3-7-11-15)18(25-19)21-16(24)12-14-8-4-2-5-9-14/h2-11H,12H2,1H3,(H,21,24)(H,20,22,23). The molecule has 3 rings (SSSR count). The zero-order valence-electron chi connectivity index (χ0n) is 13.7. The van der Waals surface area contributed by atoms with Gasteiger partial charge in [-0.1, -0.05) is 72.0 Å². The molecule has 0 atom stereocenters. The minimum absolute atomic E-state index is 0.124. The number of hydrogen-bond donors (Lipinski definition) is 2. The highest BCUT2D eigenvalue weighted by atomic mass is 32.1. The minimum atomic E-state index is -0.199. The number of nitrogens with one attached hydrogen (secondary N) is 2. The summed E-state index contributed by atoms with van der Waals surface area (Å²) in [4.78, 5) is 28.1. The van der Waals surface area contributed by atoms with E-state index < -0.39 is 0 Å². The molecule has 0 aliphatic carbocycles. The van der Waals surface area contributed by atoms with Gasteiger partial charge in [-0.3, -0.25) is 9.59 Å². The Kier molecular flexibility index (Phi) is 5.20. The number of anilines is 2. The molecule has 1 aromatic heterocycles. The lowest BCUT2D eigenvalue weighted by atomic mass is 10.1. The summed E-state index contributed by atoms with van der Waals surface area (Å²) in [6, 6.07) is 19.1. The largest absolute Gasteiger partial charge is 0.316 e. The molecule has 6 heteroatoms. The molecule has 25 heavy (non-hydrogen) atoms. The maximum absolute atomic E-state index is 12.4. The number of thiazole rings is 1. The van der Waals surface area contributed by atoms with Gasteiger partial charge in [-0.15, -0.1) is 0 Å². The Balaban J connectivity index is 1.84. The van der Waals surface area contributed by atoms with Crippen LogP contribution in [0, 0.1) is 0 Å². The molecular formula is C19H17N3O2S. The number of carbonyl (C=O) groups excluding carboxylic acids is 2. The van der Waals surface area contributed by atoms with Gasteiger partial charge in [0.15, 0.2) is 5.13 Å². The van der Waals surface area contributed by atoms with Crippen LogP contribution in [-0.4, -0.2) is 16.8 Å². The van der Waals surface area contributed by atoms with E-state index in [0.29, 0.717) is 15.8 Å². The maximum atomic E-state index is 12.4. The van der Waals surface area contributed by atoms with Crippen molar-refractivity contribution in [3.8, 4) is 11.3 Å². The van der Waals surface area contributed by atoms with Crippen LogP contribution < -0.4 is 10.6 Å². The van der Waals surface area contributed by atoms with E-state index in [1.54, 1.807) is 0 Å². The highest BCUT2D eigenvalue weighted by molar-refractivity contribution is 7.20. The molecule has 0 aliphatic heterocycles. The maximum Gasteiger partial charge on any atom is 0.229 e. The second-order valence-electron chi connectivity index (χ2n) is 5.45. The lowest BCUT2D eigenvalue weighted by molar-refractivity contribution is -0.116. The Bertz CT molecular complexity index is 876. The van der Waals surface area contributed by atoms with Gasteiger partial charge in [-0.25, -0.2) is 4.98 Å². The normalized spacial score (nSPS) is 10.3. The van der Waals surface area contributed by atoms with Crippen molar-refractivity contribution in [3.63, 3.8) is 0 Å². The summed E-state index contributed by atoms with van der Waals surface area (Å²) in [6.45, 7) is 1.43. The van der Waals surface area contributed by atoms with Crippen molar-refractivity contribution in [3.05, 3.63) is 66.2 Å². The molecule has 0 fully saturated rings. The number of aromatic nitrogens is 1. The SMILES string of the molecule is CC(=O)Nc1nc(-c2ccccc2)c(NC(=O)Cc2ccccc2)s1. The van der Waals surface area contributed by atoms with Crippen LogP contribution in [0.1, 0.15) is 12.5 Å². The fourth-order valence-electron chi connectivity index (χ4n) is 2.35. The zero-order chi connectivity index (χ0) is 17.6. The topological polar surface area (TPSA) is 71.1 Å². The molecule has 3 aromatic rings. The molecule has 0 spiro atoms. The molecule has 2 amide bonds. The Labute approximate surface area is 149 Å². The Morgan fingerprint density at radius 2 is 1.60 bits per heavy atom. The summed E-state index contributed by atoms with van der Waals surface area (Å²) in [7, 11) is 0. The van der Waals surface area contributed by atoms with Crippen LogP contribution in [0.15, 0.2) is 60.7 Å². The van der Waals surface area contributed by atoms with Gasteiger partial charge in [-0.2, -0.15) is 0 Å². The second kappa shape index (κ2) is 7.72. The van der Waals surface area contributed by atoms with Crippen LogP contribution in [0.5, 0.6) is 0 Å². The monoisotopic (exact) mass is 351 g/mol. The molecular weight excluding hydrogens is 334 g/mol. The van der Waals surface area contributed by atoms with Crippen LogP contribution >= 0.6 is 11.3 Å². The van der Waals surface area contributed by atoms with Crippen molar-refractivity contribution < 1.29 is 9.59 Å². The Hall–Kier alpha value is -2.99. The van der Waals surface area contributed by atoms with Crippen molar-refractivity contribution in [1.82, 2.24) is 4.98 Å². The van der Waals surface area contributed by atoms with E-state index in [0.717, 1.165) is 11.1 Å². The zero-order valence-corrected chi connectivity index (χ0v) is 14.5. The summed E-state index contributed by atoms with van der Waals surface area (Å²) in [5.41, 5.74) is 2.47. The summed E-state index contributed by atoms with van der Waals surface area (Å²) in [5.74, 6) is -0.322. The third kappa shape index (κ3) is 4.51. The van der Waals surface area contributed by atoms with Gasteiger partial charge in [0.05, 0.1) is 6.42 Å². The third-order valence-corrected chi connectivity index (χ3v) is 4.30. The first-order chi connectivity index (χ1) is 12.1. The first-order valence-corrected chi connectivity index (χ1v) is 8.61. The molecule has 0 saturated carbocycles. The fourth-order valence-corrected chi connectivity index (χ4v) is 3.30. The lowest BCUT2D eigenvalue weighted by Crippen LogP contribution is -2.14. The van der Waals surface area contributed by atoms with E-state index >= 15 is 0 Å². The van der Waals surface area contributed by atoms with Crippen molar-refractivity contribution in [1.29, 1.82) is 0 Å². The predicted molar refractivity (Wildman–Crippen MR) is 101 cm³/mol. The summed E-state index contributed by atoms with van der Waals surface area (Å²) in [5, 5.41) is 6.67. The smallest absolute Gasteiger partial charge is 0.229 e. The molecule has 2 N–H and O–H groups in total. The van der Waals surface area contributed by atoms with Crippen molar-refractivity contribution in [2.45, 2.75) is 13.3 Å². The van der Waals surface area contributed by atoms with E-state index in [1.807, 2.05) is 60.7 Å². The molecule has 2 aromatic carbocycles. The number of rotatable bonds is 5. The van der Waals surface area contributed by atoms with Crippen LogP contribution in [0.25, 0.3) is 11.3 Å². The van der Waals surface area contributed by atoms with E-state index in [1.165, 1.54) is 18.3 Å². The van der Waals surface area contributed by atoms with E-state index in [-0.39, 0.29) is 18.2 Å². The highest BCUT2D eigenvalue weighted by Gasteiger charge is 2.16. The number of benzene rings is 2. The molecule has 1 heterocycles. The number of amides is 2. The second-order valence-corrected chi connectivity index (χ2v) is 6.45. The first-order valence-electron chi connectivity index (χ1n) is 7.79. The Morgan fingerprint density at radius 1 is 0.960 bits per heavy atom. The summed E-state index contributed by atoms with van der Waals surface area (Å²) in [6.07, 6.45) is 0.280. The van der Waals surface area contributed by atoms with E-state index in [4.69, 9.17) is 0 Å². The lowest BCUT2D eigenvalue weighted by Gasteiger charge is -2.05. The number of nitrogens with zero attached hydrogens (tertiary/aromatic N) is 1. The number of carbonyl (C=O) groups is 2. The molecule has 0 bridgehead atoms. The first kappa shape index (κ1) is 16.9. The molecule has 5 nitrogen and oxygen atoms in total. The molecule has 0 saturated heterocycles. The molecule has 0 radical (unpaired) electrons. The van der Waals surface area contributed by atoms with Crippen molar-refractivity contribution in [2.75, 3.05) is 10.6 Å². The van der Waals surface area contributed by atoms with Crippen LogP contribution in [0.2, 0.25) is 0 Å². The predicted octanol–water partition coefficient (Wildman–Crippen LogP) is 3.95. The average molecular weight is 351 g/mol. The minimum Gasteiger partial charge on any atom is -0.316 e. The van der Waals surface area contributed by atoms with E-state index in [2.05, 4.69) is 15.6 Å². The average Bonchev–Trinajstić information content (AvgIpc) is 2.98. The van der Waals surface area contributed by atoms with Gasteiger partial charge in [0.1, 0.15) is 10.7 Å². The summed E-state index contributed by atoms with van der Waals surface area (Å²) >= 11 is 1.25. The fraction of sp³-hybridized carbons (Fsp3) is 0.105. The third-order valence-electron chi connectivity index (χ3n) is 3.42. The van der Waals surface area contributed by atoms with Crippen LogP contribution in [0.3, 0.4) is 0 Å². The van der Waals surface area contributed by atoms with Gasteiger partial charge in [0, 0.05) is 12.5 Å². The van der Waals surface area contributed by atoms with Crippen molar-refractivity contribution in [2.24, 2.45) is 0 Å². The van der Waals surface area contributed by atoms with Crippen LogP contribution in [-0.2, 0) is 16.0 Å². The summed E-state index contributed by atoms with van der Waals surface area (Å²) < 4.78 is 0. The van der Waals surface area contributed by atoms with Gasteiger partial charge in [-0.05, 0) is 5.56 Å². The highest BCUT2D eigenvalue weighted by Crippen LogP contribution is 2.35. The van der Waals surface area contributed by atoms with Gasteiger partial charge in [0.25, 0.3) is 0 Å². The van der Waals surface area contributed by atoms with Crippen LogP contribution in [0.4, 0.5) is 10.1 Å². The number of hydrogen-bond acceptors (Lipinski definition) is 4. The molecule has 0 aliphatic rings. The Morgan fingerprint density at radius 3 is 2.24 bits per heavy atom.